The molecule has 1 amide bonds. The van der Waals surface area contributed by atoms with Crippen molar-refractivity contribution in [2.75, 3.05) is 31.1 Å². The molecule has 1 saturated heterocycles. The molecule has 3 rings (SSSR count). The summed E-state index contributed by atoms with van der Waals surface area (Å²) in [6.07, 6.45) is 3.27. The number of nitrogens with zero attached hydrogens (tertiary/aromatic N) is 3. The molecular formula is C15H16N4O2. The Bertz CT molecular complexity index is 675. The molecule has 3 heterocycles. The van der Waals surface area contributed by atoms with E-state index in [0.717, 1.165) is 18.9 Å². The molecule has 0 saturated carbocycles. The van der Waals surface area contributed by atoms with Crippen LogP contribution in [0, 0.1) is 0 Å². The highest BCUT2D eigenvalue weighted by Gasteiger charge is 2.22. The van der Waals surface area contributed by atoms with Crippen molar-refractivity contribution >= 4 is 11.7 Å². The van der Waals surface area contributed by atoms with E-state index in [1.807, 2.05) is 18.2 Å². The van der Waals surface area contributed by atoms with Gasteiger partial charge in [0.25, 0.3) is 5.91 Å². The van der Waals surface area contributed by atoms with Gasteiger partial charge in [-0.3, -0.25) is 9.59 Å². The van der Waals surface area contributed by atoms with Gasteiger partial charge in [-0.2, -0.15) is 0 Å². The maximum absolute atomic E-state index is 12.3. The lowest BCUT2D eigenvalue weighted by Gasteiger charge is -2.35. The molecule has 0 spiro atoms. The number of carbonyl (C=O) groups excluding carboxylic acids is 1. The zero-order chi connectivity index (χ0) is 14.7. The third-order valence-electron chi connectivity index (χ3n) is 3.56. The maximum atomic E-state index is 12.3. The first-order valence-electron chi connectivity index (χ1n) is 6.88. The Kier molecular flexibility index (Phi) is 3.68. The normalized spacial score (nSPS) is 15.0. The third kappa shape index (κ3) is 2.94. The Labute approximate surface area is 122 Å². The number of aromatic amines is 1. The van der Waals surface area contributed by atoms with Crippen molar-refractivity contribution in [3.63, 3.8) is 0 Å². The van der Waals surface area contributed by atoms with Crippen LogP contribution in [0.15, 0.2) is 47.5 Å². The largest absolute Gasteiger partial charge is 0.353 e. The summed E-state index contributed by atoms with van der Waals surface area (Å²) in [7, 11) is 0. The molecule has 108 valence electrons. The molecule has 2 aromatic rings. The fraction of sp³-hybridized carbons (Fsp3) is 0.267. The lowest BCUT2D eigenvalue weighted by Crippen LogP contribution is -2.49. The van der Waals surface area contributed by atoms with Crippen molar-refractivity contribution in [1.82, 2.24) is 14.9 Å². The van der Waals surface area contributed by atoms with Crippen LogP contribution in [-0.4, -0.2) is 47.0 Å². The minimum Gasteiger partial charge on any atom is -0.353 e. The molecule has 0 atom stereocenters. The highest BCUT2D eigenvalue weighted by atomic mass is 16.2. The van der Waals surface area contributed by atoms with Crippen LogP contribution in [0.2, 0.25) is 0 Å². The molecule has 0 unspecified atom stereocenters. The van der Waals surface area contributed by atoms with Gasteiger partial charge < -0.3 is 14.8 Å². The van der Waals surface area contributed by atoms with Crippen LogP contribution in [0.4, 0.5) is 5.82 Å². The minimum absolute atomic E-state index is 0.0956. The Hall–Kier alpha value is -2.63. The number of H-pyrrole nitrogens is 1. The van der Waals surface area contributed by atoms with E-state index in [4.69, 9.17) is 0 Å². The third-order valence-corrected chi connectivity index (χ3v) is 3.56. The summed E-state index contributed by atoms with van der Waals surface area (Å²) in [5, 5.41) is 0. The lowest BCUT2D eigenvalue weighted by molar-refractivity contribution is 0.0746. The van der Waals surface area contributed by atoms with E-state index in [2.05, 4.69) is 14.9 Å². The smallest absolute Gasteiger partial charge is 0.254 e. The van der Waals surface area contributed by atoms with Crippen molar-refractivity contribution in [2.45, 2.75) is 0 Å². The molecular weight excluding hydrogens is 268 g/mol. The van der Waals surface area contributed by atoms with Crippen molar-refractivity contribution in [2.24, 2.45) is 0 Å². The number of piperazine rings is 1. The van der Waals surface area contributed by atoms with Gasteiger partial charge >= 0.3 is 0 Å². The van der Waals surface area contributed by atoms with Gasteiger partial charge in [0.2, 0.25) is 5.56 Å². The standard InChI is InChI=1S/C15H16N4O2/c20-14-11-12(4-6-17-14)15(21)19-9-7-18(8-10-19)13-3-1-2-5-16-13/h1-6,11H,7-10H2,(H,17,20). The lowest BCUT2D eigenvalue weighted by atomic mass is 10.2. The molecule has 21 heavy (non-hydrogen) atoms. The first kappa shape index (κ1) is 13.4. The maximum Gasteiger partial charge on any atom is 0.254 e. The molecule has 0 aromatic carbocycles. The molecule has 6 heteroatoms. The van der Waals surface area contributed by atoms with E-state index in [0.29, 0.717) is 18.7 Å². The number of amides is 1. The SMILES string of the molecule is O=C(c1cc[nH]c(=O)c1)N1CCN(c2ccccn2)CC1. The summed E-state index contributed by atoms with van der Waals surface area (Å²) < 4.78 is 0. The van der Waals surface area contributed by atoms with Crippen molar-refractivity contribution in [3.05, 3.63) is 58.6 Å². The number of rotatable bonds is 2. The first-order valence-corrected chi connectivity index (χ1v) is 6.88. The van der Waals surface area contributed by atoms with Crippen LogP contribution in [0.25, 0.3) is 0 Å². The Morgan fingerprint density at radius 1 is 1.14 bits per heavy atom. The molecule has 6 nitrogen and oxygen atoms in total. The summed E-state index contributed by atoms with van der Waals surface area (Å²) in [6.45, 7) is 2.74. The quantitative estimate of drug-likeness (QED) is 0.883. The molecule has 1 aliphatic heterocycles. The molecule has 0 aliphatic carbocycles. The predicted octanol–water partition coefficient (Wildman–Crippen LogP) is 0.732. The number of anilines is 1. The van der Waals surface area contributed by atoms with Crippen LogP contribution in [-0.2, 0) is 0 Å². The number of aromatic nitrogens is 2. The molecule has 0 radical (unpaired) electrons. The topological polar surface area (TPSA) is 69.3 Å². The fourth-order valence-corrected chi connectivity index (χ4v) is 2.44. The van der Waals surface area contributed by atoms with E-state index < -0.39 is 0 Å². The summed E-state index contributed by atoms with van der Waals surface area (Å²) in [5.74, 6) is 0.836. The van der Waals surface area contributed by atoms with Gasteiger partial charge in [-0.05, 0) is 18.2 Å². The Morgan fingerprint density at radius 2 is 1.95 bits per heavy atom. The van der Waals surface area contributed by atoms with Crippen molar-refractivity contribution in [1.29, 1.82) is 0 Å². The average molecular weight is 284 g/mol. The zero-order valence-corrected chi connectivity index (χ0v) is 11.5. The summed E-state index contributed by atoms with van der Waals surface area (Å²) in [4.78, 5) is 34.4. The monoisotopic (exact) mass is 284 g/mol. The van der Waals surface area contributed by atoms with Crippen LogP contribution >= 0.6 is 0 Å². The highest BCUT2D eigenvalue weighted by Crippen LogP contribution is 2.13. The highest BCUT2D eigenvalue weighted by molar-refractivity contribution is 5.94. The molecule has 2 aromatic heterocycles. The molecule has 1 aliphatic rings. The number of hydrogen-bond acceptors (Lipinski definition) is 4. The van der Waals surface area contributed by atoms with Crippen LogP contribution in [0.5, 0.6) is 0 Å². The van der Waals surface area contributed by atoms with Gasteiger partial charge in [-0.1, -0.05) is 6.07 Å². The second kappa shape index (κ2) is 5.78. The van der Waals surface area contributed by atoms with Crippen LogP contribution in [0.3, 0.4) is 0 Å². The Balaban J connectivity index is 1.66. The Morgan fingerprint density at radius 3 is 2.62 bits per heavy atom. The molecule has 0 bridgehead atoms. The van der Waals surface area contributed by atoms with E-state index in [9.17, 15) is 9.59 Å². The van der Waals surface area contributed by atoms with Gasteiger partial charge in [-0.15, -0.1) is 0 Å². The first-order chi connectivity index (χ1) is 10.2. The summed E-state index contributed by atoms with van der Waals surface area (Å²) >= 11 is 0. The van der Waals surface area contributed by atoms with E-state index >= 15 is 0 Å². The van der Waals surface area contributed by atoms with E-state index in [1.54, 1.807) is 17.2 Å². The van der Waals surface area contributed by atoms with Crippen molar-refractivity contribution < 1.29 is 4.79 Å². The molecule has 1 fully saturated rings. The summed E-state index contributed by atoms with van der Waals surface area (Å²) in [6, 6.07) is 8.78. The number of pyridine rings is 2. The number of hydrogen-bond donors (Lipinski definition) is 1. The second-order valence-electron chi connectivity index (χ2n) is 4.91. The minimum atomic E-state index is -0.257. The number of nitrogens with one attached hydrogen (secondary N) is 1. The second-order valence-corrected chi connectivity index (χ2v) is 4.91. The fourth-order valence-electron chi connectivity index (χ4n) is 2.44. The zero-order valence-electron chi connectivity index (χ0n) is 11.5. The van der Waals surface area contributed by atoms with E-state index in [1.165, 1.54) is 12.3 Å². The van der Waals surface area contributed by atoms with Crippen LogP contribution < -0.4 is 10.5 Å². The van der Waals surface area contributed by atoms with E-state index in [-0.39, 0.29) is 11.5 Å². The van der Waals surface area contributed by atoms with Gasteiger partial charge in [0.1, 0.15) is 5.82 Å². The van der Waals surface area contributed by atoms with Gasteiger partial charge in [0, 0.05) is 50.2 Å². The van der Waals surface area contributed by atoms with Crippen molar-refractivity contribution in [3.8, 4) is 0 Å². The van der Waals surface area contributed by atoms with Gasteiger partial charge in [-0.25, -0.2) is 4.98 Å². The number of carbonyl (C=O) groups is 1. The molecule has 1 N–H and O–H groups in total. The van der Waals surface area contributed by atoms with Crippen LogP contribution in [0.1, 0.15) is 10.4 Å². The van der Waals surface area contributed by atoms with Gasteiger partial charge in [0.15, 0.2) is 0 Å². The average Bonchev–Trinajstić information content (AvgIpc) is 2.55. The predicted molar refractivity (Wildman–Crippen MR) is 79.4 cm³/mol. The van der Waals surface area contributed by atoms with Gasteiger partial charge in [0.05, 0.1) is 0 Å². The summed E-state index contributed by atoms with van der Waals surface area (Å²) in [5.41, 5.74) is 0.179.